The highest BCUT2D eigenvalue weighted by atomic mass is 32.1. The van der Waals surface area contributed by atoms with Crippen molar-refractivity contribution < 1.29 is 4.79 Å². The lowest BCUT2D eigenvalue weighted by Crippen LogP contribution is -2.58. The second kappa shape index (κ2) is 13.7. The number of hydrogen-bond acceptors (Lipinski definition) is 4. The van der Waals surface area contributed by atoms with Gasteiger partial charge in [-0.25, -0.2) is 0 Å². The minimum Gasteiger partial charge on any atom is -0.315 e. The highest BCUT2D eigenvalue weighted by Crippen LogP contribution is 2.64. The van der Waals surface area contributed by atoms with Crippen molar-refractivity contribution >= 4 is 18.4 Å². The number of ketones is 1. The van der Waals surface area contributed by atoms with Gasteiger partial charge in [0.05, 0.1) is 0 Å². The molecule has 0 saturated carbocycles. The molecule has 0 amide bonds. The van der Waals surface area contributed by atoms with Crippen LogP contribution in [0.1, 0.15) is 119 Å². The van der Waals surface area contributed by atoms with Gasteiger partial charge in [-0.2, -0.15) is 12.6 Å². The molecule has 220 valence electrons. The minimum atomic E-state index is -0.483. The molecule has 0 spiro atoms. The molecular weight excluding hydrogens is 484 g/mol. The first-order valence-corrected chi connectivity index (χ1v) is 15.4. The molecular formula is C34H62N2OS. The summed E-state index contributed by atoms with van der Waals surface area (Å²) in [6.07, 6.45) is 3.68. The van der Waals surface area contributed by atoms with Gasteiger partial charge in [-0.15, -0.1) is 0 Å². The van der Waals surface area contributed by atoms with E-state index in [9.17, 15) is 4.79 Å². The van der Waals surface area contributed by atoms with Gasteiger partial charge in [0.2, 0.25) is 0 Å². The third kappa shape index (κ3) is 8.58. The fourth-order valence-corrected chi connectivity index (χ4v) is 6.47. The molecule has 0 radical (unpaired) electrons. The van der Waals surface area contributed by atoms with Crippen LogP contribution in [-0.2, 0) is 10.5 Å². The molecule has 1 aromatic carbocycles. The van der Waals surface area contributed by atoms with Crippen molar-refractivity contribution in [2.75, 3.05) is 33.7 Å². The van der Waals surface area contributed by atoms with Gasteiger partial charge in [0, 0.05) is 30.7 Å². The van der Waals surface area contributed by atoms with E-state index in [1.807, 2.05) is 0 Å². The predicted molar refractivity (Wildman–Crippen MR) is 171 cm³/mol. The molecule has 1 N–H and O–H groups in total. The van der Waals surface area contributed by atoms with E-state index in [-0.39, 0.29) is 21.7 Å². The molecule has 4 heteroatoms. The number of nitrogens with one attached hydrogen (secondary N) is 1. The molecule has 0 aromatic heterocycles. The highest BCUT2D eigenvalue weighted by molar-refractivity contribution is 7.79. The molecule has 0 bridgehead atoms. The first-order chi connectivity index (χ1) is 17.2. The number of carbonyl (C=O) groups excluding carboxylic acids is 1. The first kappa shape index (κ1) is 35.2. The number of benzene rings is 1. The van der Waals surface area contributed by atoms with Crippen molar-refractivity contribution in [1.82, 2.24) is 10.2 Å². The first-order valence-electron chi connectivity index (χ1n) is 14.8. The van der Waals surface area contributed by atoms with Gasteiger partial charge in [-0.05, 0) is 78.6 Å². The SMILES string of the molecule is CN(C)CCNCCCCC(=O)C(C)(C(C)(C)C)C(C)(C)C(C)(C)C(CC(C)(C)C)c1ccc(CS)cc1. The summed E-state index contributed by atoms with van der Waals surface area (Å²) >= 11 is 4.48. The Morgan fingerprint density at radius 3 is 1.87 bits per heavy atom. The smallest absolute Gasteiger partial charge is 0.139 e. The van der Waals surface area contributed by atoms with Crippen LogP contribution < -0.4 is 5.32 Å². The van der Waals surface area contributed by atoms with Crippen LogP contribution in [-0.4, -0.2) is 44.4 Å². The number of likely N-dealkylation sites (N-methyl/N-ethyl adjacent to an activating group) is 1. The van der Waals surface area contributed by atoms with E-state index < -0.39 is 5.41 Å². The average Bonchev–Trinajstić information content (AvgIpc) is 2.79. The third-order valence-electron chi connectivity index (χ3n) is 9.91. The van der Waals surface area contributed by atoms with E-state index in [1.165, 1.54) is 11.1 Å². The average molecular weight is 547 g/mol. The molecule has 2 unspecified atom stereocenters. The zero-order valence-electron chi connectivity index (χ0n) is 27.3. The molecule has 2 atom stereocenters. The fourth-order valence-electron chi connectivity index (χ4n) is 6.25. The van der Waals surface area contributed by atoms with Crippen LogP contribution in [0.15, 0.2) is 24.3 Å². The Kier molecular flexibility index (Phi) is 12.7. The zero-order chi connectivity index (χ0) is 29.6. The van der Waals surface area contributed by atoms with Crippen LogP contribution in [0, 0.1) is 27.1 Å². The van der Waals surface area contributed by atoms with Crippen LogP contribution in [0.5, 0.6) is 0 Å². The predicted octanol–water partition coefficient (Wildman–Crippen LogP) is 8.63. The summed E-state index contributed by atoms with van der Waals surface area (Å²) in [7, 11) is 4.19. The Labute approximate surface area is 242 Å². The van der Waals surface area contributed by atoms with Gasteiger partial charge < -0.3 is 10.2 Å². The maximum absolute atomic E-state index is 14.3. The van der Waals surface area contributed by atoms with Crippen molar-refractivity contribution in [3.8, 4) is 0 Å². The molecule has 0 heterocycles. The maximum Gasteiger partial charge on any atom is 0.139 e. The summed E-state index contributed by atoms with van der Waals surface area (Å²) in [5.74, 6) is 1.49. The molecule has 1 rings (SSSR count). The number of carbonyl (C=O) groups is 1. The van der Waals surface area contributed by atoms with Crippen LogP contribution in [0.3, 0.4) is 0 Å². The van der Waals surface area contributed by atoms with E-state index in [0.717, 1.165) is 44.6 Å². The number of unbranched alkanes of at least 4 members (excludes halogenated alkanes) is 1. The summed E-state index contributed by atoms with van der Waals surface area (Å²) in [6.45, 7) is 28.7. The van der Waals surface area contributed by atoms with Gasteiger partial charge >= 0.3 is 0 Å². The van der Waals surface area contributed by atoms with Crippen molar-refractivity contribution in [3.05, 3.63) is 35.4 Å². The summed E-state index contributed by atoms with van der Waals surface area (Å²) in [4.78, 5) is 16.5. The largest absolute Gasteiger partial charge is 0.315 e. The van der Waals surface area contributed by atoms with Crippen molar-refractivity contribution in [1.29, 1.82) is 0 Å². The normalized spacial score (nSPS) is 16.0. The van der Waals surface area contributed by atoms with Gasteiger partial charge in [-0.3, -0.25) is 4.79 Å². The van der Waals surface area contributed by atoms with Gasteiger partial charge in [0.15, 0.2) is 0 Å². The number of nitrogens with zero attached hydrogens (tertiary/aromatic N) is 1. The minimum absolute atomic E-state index is 0.131. The standard InChI is InChI=1S/C34H62N2OS/c1-30(2,3)24-28(27-19-17-26(25-38)18-20-27)32(7,8)33(9,10)34(11,31(4,5)6)29(37)16-14-15-21-35-22-23-36(12)13/h17-20,28,35,38H,14-16,21-25H2,1-13H3. The Hall–Kier alpha value is -0.840. The Bertz CT molecular complexity index is 858. The molecule has 1 aromatic rings. The summed E-state index contributed by atoms with van der Waals surface area (Å²) in [5, 5.41) is 3.52. The maximum atomic E-state index is 14.3. The molecule has 38 heavy (non-hydrogen) atoms. The number of Topliss-reactive ketones (excluding diaryl/α,β-unsaturated/α-hetero) is 1. The Balaban J connectivity index is 3.33. The van der Waals surface area contributed by atoms with E-state index in [0.29, 0.717) is 18.1 Å². The van der Waals surface area contributed by atoms with Crippen molar-refractivity contribution in [2.45, 2.75) is 114 Å². The summed E-state index contributed by atoms with van der Waals surface area (Å²) in [5.41, 5.74) is 1.75. The van der Waals surface area contributed by atoms with E-state index in [2.05, 4.69) is 137 Å². The van der Waals surface area contributed by atoms with E-state index in [1.54, 1.807) is 0 Å². The number of rotatable bonds is 15. The third-order valence-corrected chi connectivity index (χ3v) is 10.3. The zero-order valence-corrected chi connectivity index (χ0v) is 28.2. The number of thiol groups is 1. The molecule has 0 aliphatic carbocycles. The van der Waals surface area contributed by atoms with E-state index in [4.69, 9.17) is 0 Å². The van der Waals surface area contributed by atoms with Crippen LogP contribution in [0.4, 0.5) is 0 Å². The lowest BCUT2D eigenvalue weighted by Gasteiger charge is -2.61. The molecule has 3 nitrogen and oxygen atoms in total. The Morgan fingerprint density at radius 1 is 0.868 bits per heavy atom. The molecule has 0 aliphatic heterocycles. The lowest BCUT2D eigenvalue weighted by atomic mass is 9.42. The van der Waals surface area contributed by atoms with Crippen molar-refractivity contribution in [3.63, 3.8) is 0 Å². The van der Waals surface area contributed by atoms with Crippen LogP contribution >= 0.6 is 12.6 Å². The summed E-state index contributed by atoms with van der Waals surface area (Å²) in [6, 6.07) is 9.06. The second-order valence-electron chi connectivity index (χ2n) is 15.4. The molecule has 0 aliphatic rings. The second-order valence-corrected chi connectivity index (χ2v) is 15.7. The van der Waals surface area contributed by atoms with Crippen LogP contribution in [0.25, 0.3) is 0 Å². The topological polar surface area (TPSA) is 32.3 Å². The van der Waals surface area contributed by atoms with Crippen molar-refractivity contribution in [2.24, 2.45) is 27.1 Å². The number of hydrogen-bond donors (Lipinski definition) is 2. The molecule has 0 saturated heterocycles. The fraction of sp³-hybridized carbons (Fsp3) is 0.794. The van der Waals surface area contributed by atoms with Gasteiger partial charge in [-0.1, -0.05) is 100 Å². The summed E-state index contributed by atoms with van der Waals surface area (Å²) < 4.78 is 0. The van der Waals surface area contributed by atoms with E-state index >= 15 is 0 Å². The quantitative estimate of drug-likeness (QED) is 0.171. The lowest BCUT2D eigenvalue weighted by molar-refractivity contribution is -0.160. The highest BCUT2D eigenvalue weighted by Gasteiger charge is 2.61. The van der Waals surface area contributed by atoms with Crippen LogP contribution in [0.2, 0.25) is 0 Å². The monoisotopic (exact) mass is 546 g/mol. The van der Waals surface area contributed by atoms with Gasteiger partial charge in [0.1, 0.15) is 5.78 Å². The Morgan fingerprint density at radius 2 is 1.42 bits per heavy atom. The molecule has 0 fully saturated rings. The van der Waals surface area contributed by atoms with Gasteiger partial charge in [0.25, 0.3) is 0 Å².